The van der Waals surface area contributed by atoms with Crippen molar-refractivity contribution in [2.75, 3.05) is 39.3 Å². The molecule has 1 aromatic carbocycles. The molecule has 23 heavy (non-hydrogen) atoms. The smallest absolute Gasteiger partial charge is 0.159 e. The Bertz CT molecular complexity index is 591. The van der Waals surface area contributed by atoms with Crippen LogP contribution >= 0.6 is 11.8 Å². The Morgan fingerprint density at radius 3 is 2.65 bits per heavy atom. The molecule has 2 aliphatic heterocycles. The van der Waals surface area contributed by atoms with Crippen LogP contribution in [0.1, 0.15) is 18.6 Å². The number of piperazine rings is 1. The van der Waals surface area contributed by atoms with Crippen molar-refractivity contribution in [3.63, 3.8) is 0 Å². The summed E-state index contributed by atoms with van der Waals surface area (Å²) in [6.07, 6.45) is -0.944. The van der Waals surface area contributed by atoms with Gasteiger partial charge in [0.25, 0.3) is 0 Å². The zero-order valence-corrected chi connectivity index (χ0v) is 13.9. The van der Waals surface area contributed by atoms with E-state index in [9.17, 15) is 13.9 Å². The third kappa shape index (κ3) is 4.02. The minimum atomic E-state index is -0.944. The number of hydrogen-bond donors (Lipinski definition) is 1. The van der Waals surface area contributed by atoms with Crippen LogP contribution < -0.4 is 0 Å². The first-order valence-electron chi connectivity index (χ1n) is 7.84. The number of nitrogens with zero attached hydrogens (tertiary/aromatic N) is 3. The molecule has 0 spiro atoms. The van der Waals surface area contributed by atoms with E-state index in [0.29, 0.717) is 11.8 Å². The molecule has 2 atom stereocenters. The molecule has 2 heterocycles. The molecule has 1 fully saturated rings. The van der Waals surface area contributed by atoms with Gasteiger partial charge in [-0.2, -0.15) is 0 Å². The zero-order chi connectivity index (χ0) is 16.4. The third-order valence-corrected chi connectivity index (χ3v) is 5.34. The molecule has 0 saturated carbocycles. The van der Waals surface area contributed by atoms with Gasteiger partial charge in [-0.25, -0.2) is 8.78 Å². The second-order valence-corrected chi connectivity index (χ2v) is 7.43. The van der Waals surface area contributed by atoms with Crippen LogP contribution in [0.15, 0.2) is 23.2 Å². The molecule has 1 N–H and O–H groups in total. The monoisotopic (exact) mass is 341 g/mol. The van der Waals surface area contributed by atoms with Crippen LogP contribution in [0.2, 0.25) is 0 Å². The summed E-state index contributed by atoms with van der Waals surface area (Å²) in [7, 11) is 0. The van der Waals surface area contributed by atoms with Crippen molar-refractivity contribution < 1.29 is 13.9 Å². The first-order valence-corrected chi connectivity index (χ1v) is 8.72. The normalized spacial score (nSPS) is 23.9. The van der Waals surface area contributed by atoms with Crippen molar-refractivity contribution in [2.24, 2.45) is 4.99 Å². The van der Waals surface area contributed by atoms with E-state index in [2.05, 4.69) is 21.7 Å². The van der Waals surface area contributed by atoms with Gasteiger partial charge >= 0.3 is 0 Å². The first-order chi connectivity index (χ1) is 11.0. The van der Waals surface area contributed by atoms with Crippen LogP contribution in [0.4, 0.5) is 8.78 Å². The Balaban J connectivity index is 1.52. The molecule has 0 aromatic heterocycles. The Kier molecular flexibility index (Phi) is 5.18. The lowest BCUT2D eigenvalue weighted by molar-refractivity contribution is 0.0881. The van der Waals surface area contributed by atoms with Gasteiger partial charge in [0, 0.05) is 49.6 Å². The lowest BCUT2D eigenvalue weighted by Gasteiger charge is -2.36. The van der Waals surface area contributed by atoms with Gasteiger partial charge in [-0.05, 0) is 6.07 Å². The maximum atomic E-state index is 13.7. The van der Waals surface area contributed by atoms with Crippen molar-refractivity contribution >= 4 is 16.9 Å². The highest BCUT2D eigenvalue weighted by Crippen LogP contribution is 2.24. The maximum absolute atomic E-state index is 13.7. The fourth-order valence-electron chi connectivity index (χ4n) is 2.87. The number of aliphatic hydroxyl groups excluding tert-OH is 1. The highest BCUT2D eigenvalue weighted by Gasteiger charge is 2.26. The van der Waals surface area contributed by atoms with Crippen LogP contribution in [-0.4, -0.2) is 64.6 Å². The maximum Gasteiger partial charge on any atom is 0.159 e. The minimum absolute atomic E-state index is 0.151. The molecule has 0 aliphatic carbocycles. The second kappa shape index (κ2) is 7.15. The standard InChI is InChI=1S/C16H21F2N3OS/c1-11-9-19-16(23-11)21-6-4-20(5-7-21)10-15(22)13-3-2-12(17)8-14(13)18/h2-3,8,11,15,22H,4-7,9-10H2,1H3. The van der Waals surface area contributed by atoms with Crippen molar-refractivity contribution in [1.29, 1.82) is 0 Å². The topological polar surface area (TPSA) is 39.1 Å². The van der Waals surface area contributed by atoms with Crippen molar-refractivity contribution in [1.82, 2.24) is 9.80 Å². The van der Waals surface area contributed by atoms with Gasteiger partial charge in [0.1, 0.15) is 11.6 Å². The fourth-order valence-corrected chi connectivity index (χ4v) is 3.86. The molecular weight excluding hydrogens is 320 g/mol. The third-order valence-electron chi connectivity index (χ3n) is 4.19. The summed E-state index contributed by atoms with van der Waals surface area (Å²) >= 11 is 1.81. The average Bonchev–Trinajstić information content (AvgIpc) is 2.94. The van der Waals surface area contributed by atoms with E-state index in [0.717, 1.165) is 44.0 Å². The molecule has 1 aromatic rings. The molecule has 4 nitrogen and oxygen atoms in total. The largest absolute Gasteiger partial charge is 0.387 e. The van der Waals surface area contributed by atoms with Crippen molar-refractivity contribution in [2.45, 2.75) is 18.3 Å². The van der Waals surface area contributed by atoms with Gasteiger partial charge in [-0.1, -0.05) is 24.8 Å². The van der Waals surface area contributed by atoms with E-state index in [-0.39, 0.29) is 5.56 Å². The quantitative estimate of drug-likeness (QED) is 0.914. The van der Waals surface area contributed by atoms with Crippen LogP contribution in [0.3, 0.4) is 0 Å². The molecule has 126 valence electrons. The molecule has 2 unspecified atom stereocenters. The summed E-state index contributed by atoms with van der Waals surface area (Å²) in [6, 6.07) is 3.31. The van der Waals surface area contributed by atoms with Crippen LogP contribution in [0.5, 0.6) is 0 Å². The number of β-amino-alcohol motifs (C(OH)–C–C–N with tert-alkyl or cyclic N) is 1. The predicted octanol–water partition coefficient (Wildman–Crippen LogP) is 2.11. The Morgan fingerprint density at radius 2 is 2.04 bits per heavy atom. The molecule has 2 aliphatic rings. The molecular formula is C16H21F2N3OS. The summed E-state index contributed by atoms with van der Waals surface area (Å²) in [6.45, 7) is 6.72. The number of aliphatic imine (C=N–C) groups is 1. The molecule has 0 bridgehead atoms. The number of halogens is 2. The Labute approximate surface area is 139 Å². The van der Waals surface area contributed by atoms with Crippen molar-refractivity contribution in [3.8, 4) is 0 Å². The van der Waals surface area contributed by atoms with E-state index >= 15 is 0 Å². The molecule has 1 saturated heterocycles. The lowest BCUT2D eigenvalue weighted by Crippen LogP contribution is -2.48. The average molecular weight is 341 g/mol. The lowest BCUT2D eigenvalue weighted by atomic mass is 10.1. The second-order valence-electron chi connectivity index (χ2n) is 6.02. The fraction of sp³-hybridized carbons (Fsp3) is 0.562. The number of hydrogen-bond acceptors (Lipinski definition) is 5. The van der Waals surface area contributed by atoms with Gasteiger partial charge in [0.15, 0.2) is 5.17 Å². The predicted molar refractivity (Wildman–Crippen MR) is 88.7 cm³/mol. The van der Waals surface area contributed by atoms with E-state index in [1.54, 1.807) is 0 Å². The highest BCUT2D eigenvalue weighted by molar-refractivity contribution is 8.14. The number of rotatable bonds is 3. The van der Waals surface area contributed by atoms with Gasteiger partial charge in [-0.15, -0.1) is 0 Å². The molecule has 0 radical (unpaired) electrons. The van der Waals surface area contributed by atoms with Gasteiger partial charge < -0.3 is 10.0 Å². The summed E-state index contributed by atoms with van der Waals surface area (Å²) in [5.41, 5.74) is 0.151. The Hall–Kier alpha value is -1.18. The minimum Gasteiger partial charge on any atom is -0.387 e. The number of thioether (sulfide) groups is 1. The van der Waals surface area contributed by atoms with Crippen molar-refractivity contribution in [3.05, 3.63) is 35.4 Å². The van der Waals surface area contributed by atoms with E-state index in [4.69, 9.17) is 0 Å². The SMILES string of the molecule is CC1CN=C(N2CCN(CC(O)c3ccc(F)cc3F)CC2)S1. The first kappa shape index (κ1) is 16.7. The molecule has 0 amide bonds. The summed E-state index contributed by atoms with van der Waals surface area (Å²) in [4.78, 5) is 8.92. The van der Waals surface area contributed by atoms with E-state index in [1.807, 2.05) is 11.8 Å². The summed E-state index contributed by atoms with van der Waals surface area (Å²) < 4.78 is 26.7. The highest BCUT2D eigenvalue weighted by atomic mass is 32.2. The zero-order valence-electron chi connectivity index (χ0n) is 13.1. The molecule has 3 rings (SSSR count). The van der Waals surface area contributed by atoms with E-state index < -0.39 is 17.7 Å². The van der Waals surface area contributed by atoms with Gasteiger partial charge in [0.2, 0.25) is 0 Å². The van der Waals surface area contributed by atoms with Crippen LogP contribution in [0.25, 0.3) is 0 Å². The summed E-state index contributed by atoms with van der Waals surface area (Å²) in [5, 5.41) is 11.9. The molecule has 7 heteroatoms. The number of benzene rings is 1. The van der Waals surface area contributed by atoms with E-state index in [1.165, 1.54) is 12.1 Å². The Morgan fingerprint density at radius 1 is 1.30 bits per heavy atom. The van der Waals surface area contributed by atoms with Crippen LogP contribution in [0, 0.1) is 11.6 Å². The number of aliphatic hydroxyl groups is 1. The summed E-state index contributed by atoms with van der Waals surface area (Å²) in [5.74, 6) is -1.32. The van der Waals surface area contributed by atoms with Gasteiger partial charge in [0.05, 0.1) is 12.6 Å². The number of amidine groups is 1. The van der Waals surface area contributed by atoms with Crippen LogP contribution in [-0.2, 0) is 0 Å². The van der Waals surface area contributed by atoms with Gasteiger partial charge in [-0.3, -0.25) is 9.89 Å².